The van der Waals surface area contributed by atoms with Crippen LogP contribution in [-0.2, 0) is 9.47 Å². The van der Waals surface area contributed by atoms with Crippen molar-refractivity contribution >= 4 is 29.9 Å². The summed E-state index contributed by atoms with van der Waals surface area (Å²) >= 11 is 0. The van der Waals surface area contributed by atoms with Crippen molar-refractivity contribution in [2.45, 2.75) is 26.4 Å². The zero-order valence-corrected chi connectivity index (χ0v) is 17.6. The fourth-order valence-corrected chi connectivity index (χ4v) is 2.08. The second-order valence-electron chi connectivity index (χ2n) is 5.81. The third-order valence-electron chi connectivity index (χ3n) is 3.51. The number of halogens is 1. The normalized spacial score (nSPS) is 12.6. The van der Waals surface area contributed by atoms with Crippen LogP contribution in [0.5, 0.6) is 0 Å². The average Bonchev–Trinajstić information content (AvgIpc) is 2.57. The molecule has 0 saturated heterocycles. The molecule has 0 aliphatic rings. The van der Waals surface area contributed by atoms with E-state index in [0.717, 1.165) is 31.1 Å². The van der Waals surface area contributed by atoms with Gasteiger partial charge in [-0.3, -0.25) is 4.99 Å². The fourth-order valence-electron chi connectivity index (χ4n) is 2.08. The molecule has 24 heavy (non-hydrogen) atoms. The first-order valence-electron chi connectivity index (χ1n) is 8.27. The van der Waals surface area contributed by atoms with E-state index in [1.807, 2.05) is 18.2 Å². The molecule has 0 saturated carbocycles. The van der Waals surface area contributed by atoms with Gasteiger partial charge in [-0.05, 0) is 17.9 Å². The minimum Gasteiger partial charge on any atom is -0.380 e. The maximum absolute atomic E-state index is 5.59. The molecule has 5 nitrogen and oxygen atoms in total. The number of nitrogens with one attached hydrogen (secondary N) is 2. The lowest BCUT2D eigenvalue weighted by Crippen LogP contribution is -2.41. The number of aliphatic imine (C=N–C) groups is 1. The highest BCUT2D eigenvalue weighted by Crippen LogP contribution is 2.14. The first kappa shape index (κ1) is 23.1. The molecule has 0 aliphatic carbocycles. The number of methoxy groups -OCH3 is 1. The Kier molecular flexibility index (Phi) is 14.0. The summed E-state index contributed by atoms with van der Waals surface area (Å²) in [5, 5.41) is 6.53. The van der Waals surface area contributed by atoms with Gasteiger partial charge in [-0.25, -0.2) is 0 Å². The lowest BCUT2D eigenvalue weighted by Gasteiger charge is -2.18. The fraction of sp³-hybridized carbons (Fsp3) is 0.611. The molecule has 1 unspecified atom stereocenters. The van der Waals surface area contributed by atoms with Crippen molar-refractivity contribution in [3.63, 3.8) is 0 Å². The Bertz CT molecular complexity index is 441. The molecule has 0 heterocycles. The number of guanidine groups is 1. The number of benzene rings is 1. The third-order valence-corrected chi connectivity index (χ3v) is 3.51. The molecule has 0 radical (unpaired) electrons. The third kappa shape index (κ3) is 10.1. The number of ether oxygens (including phenoxy) is 2. The topological polar surface area (TPSA) is 54.9 Å². The van der Waals surface area contributed by atoms with Crippen LogP contribution in [0.15, 0.2) is 35.3 Å². The highest BCUT2D eigenvalue weighted by molar-refractivity contribution is 14.0. The van der Waals surface area contributed by atoms with Crippen molar-refractivity contribution < 1.29 is 9.47 Å². The van der Waals surface area contributed by atoms with Gasteiger partial charge in [0.2, 0.25) is 0 Å². The molecule has 0 spiro atoms. The van der Waals surface area contributed by atoms with Crippen LogP contribution in [0.4, 0.5) is 0 Å². The lowest BCUT2D eigenvalue weighted by molar-refractivity contribution is 0.106. The molecule has 1 aromatic rings. The van der Waals surface area contributed by atoms with E-state index in [1.54, 1.807) is 14.2 Å². The number of hydrogen-bond acceptors (Lipinski definition) is 3. The van der Waals surface area contributed by atoms with E-state index in [9.17, 15) is 0 Å². The standard InChI is InChI=1S/C18H31N3O2.HI/c1-15(2)10-12-23-13-11-20-18(19-3)21-14-17(22-4)16-8-6-5-7-9-16;/h5-9,15,17H,10-14H2,1-4H3,(H2,19,20,21);1H. The summed E-state index contributed by atoms with van der Waals surface area (Å²) in [6.45, 7) is 7.29. The Hall–Kier alpha value is -0.860. The molecule has 6 heteroatoms. The van der Waals surface area contributed by atoms with Gasteiger partial charge in [0.05, 0.1) is 12.7 Å². The SMILES string of the molecule is CN=C(NCCOCCC(C)C)NCC(OC)c1ccccc1.I. The van der Waals surface area contributed by atoms with Gasteiger partial charge in [-0.15, -0.1) is 24.0 Å². The van der Waals surface area contributed by atoms with E-state index in [0.29, 0.717) is 19.1 Å². The van der Waals surface area contributed by atoms with Crippen molar-refractivity contribution in [1.82, 2.24) is 10.6 Å². The van der Waals surface area contributed by atoms with Crippen LogP contribution in [-0.4, -0.2) is 46.4 Å². The van der Waals surface area contributed by atoms with Crippen LogP contribution in [0, 0.1) is 5.92 Å². The molecule has 1 aromatic carbocycles. The summed E-state index contributed by atoms with van der Waals surface area (Å²) in [6.07, 6.45) is 1.09. The van der Waals surface area contributed by atoms with Gasteiger partial charge >= 0.3 is 0 Å². The summed E-state index contributed by atoms with van der Waals surface area (Å²) < 4.78 is 11.1. The molecule has 0 amide bonds. The maximum Gasteiger partial charge on any atom is 0.191 e. The highest BCUT2D eigenvalue weighted by Gasteiger charge is 2.10. The predicted octanol–water partition coefficient (Wildman–Crippen LogP) is 3.22. The van der Waals surface area contributed by atoms with Crippen LogP contribution in [0.25, 0.3) is 0 Å². The number of rotatable bonds is 10. The van der Waals surface area contributed by atoms with Crippen LogP contribution >= 0.6 is 24.0 Å². The Morgan fingerprint density at radius 3 is 2.42 bits per heavy atom. The lowest BCUT2D eigenvalue weighted by atomic mass is 10.1. The largest absolute Gasteiger partial charge is 0.380 e. The first-order valence-corrected chi connectivity index (χ1v) is 8.27. The van der Waals surface area contributed by atoms with E-state index in [4.69, 9.17) is 9.47 Å². The van der Waals surface area contributed by atoms with Crippen LogP contribution < -0.4 is 10.6 Å². The number of nitrogens with zero attached hydrogens (tertiary/aromatic N) is 1. The zero-order valence-electron chi connectivity index (χ0n) is 15.2. The smallest absolute Gasteiger partial charge is 0.191 e. The minimum atomic E-state index is -0.00274. The molecule has 1 rings (SSSR count). The second-order valence-corrected chi connectivity index (χ2v) is 5.81. The van der Waals surface area contributed by atoms with Gasteiger partial charge in [0.25, 0.3) is 0 Å². The van der Waals surface area contributed by atoms with Gasteiger partial charge in [0.1, 0.15) is 0 Å². The van der Waals surface area contributed by atoms with E-state index < -0.39 is 0 Å². The average molecular weight is 449 g/mol. The summed E-state index contributed by atoms with van der Waals surface area (Å²) in [7, 11) is 3.48. The predicted molar refractivity (Wildman–Crippen MR) is 111 cm³/mol. The molecule has 0 aliphatic heterocycles. The summed E-state index contributed by atoms with van der Waals surface area (Å²) in [6, 6.07) is 10.2. The van der Waals surface area contributed by atoms with Crippen LogP contribution in [0.2, 0.25) is 0 Å². The second kappa shape index (κ2) is 14.5. The Balaban J connectivity index is 0.00000529. The van der Waals surface area contributed by atoms with Gasteiger partial charge < -0.3 is 20.1 Å². The van der Waals surface area contributed by atoms with Crippen LogP contribution in [0.3, 0.4) is 0 Å². The Labute approximate surface area is 163 Å². The maximum atomic E-state index is 5.59. The van der Waals surface area contributed by atoms with E-state index >= 15 is 0 Å². The molecular formula is C18H32IN3O2. The van der Waals surface area contributed by atoms with Crippen LogP contribution in [0.1, 0.15) is 31.9 Å². The van der Waals surface area contributed by atoms with Crippen molar-refractivity contribution in [3.8, 4) is 0 Å². The van der Waals surface area contributed by atoms with Gasteiger partial charge in [0.15, 0.2) is 5.96 Å². The van der Waals surface area contributed by atoms with Crippen molar-refractivity contribution in [1.29, 1.82) is 0 Å². The highest BCUT2D eigenvalue weighted by atomic mass is 127. The molecule has 0 aromatic heterocycles. The van der Waals surface area contributed by atoms with Gasteiger partial charge in [-0.2, -0.15) is 0 Å². The minimum absolute atomic E-state index is 0. The van der Waals surface area contributed by atoms with Gasteiger partial charge in [0, 0.05) is 33.9 Å². The molecule has 138 valence electrons. The Morgan fingerprint density at radius 2 is 1.83 bits per heavy atom. The molecule has 0 fully saturated rings. The molecule has 2 N–H and O–H groups in total. The Morgan fingerprint density at radius 1 is 1.12 bits per heavy atom. The summed E-state index contributed by atoms with van der Waals surface area (Å²) in [5.74, 6) is 1.44. The molecule has 1 atom stereocenters. The first-order chi connectivity index (χ1) is 11.2. The molecule has 0 bridgehead atoms. The van der Waals surface area contributed by atoms with Crippen molar-refractivity contribution in [2.24, 2.45) is 10.9 Å². The van der Waals surface area contributed by atoms with E-state index in [1.165, 1.54) is 0 Å². The number of hydrogen-bond donors (Lipinski definition) is 2. The molecular weight excluding hydrogens is 417 g/mol. The van der Waals surface area contributed by atoms with E-state index in [2.05, 4.69) is 41.6 Å². The van der Waals surface area contributed by atoms with E-state index in [-0.39, 0.29) is 30.1 Å². The van der Waals surface area contributed by atoms with Gasteiger partial charge in [-0.1, -0.05) is 44.2 Å². The van der Waals surface area contributed by atoms with Crippen molar-refractivity contribution in [3.05, 3.63) is 35.9 Å². The zero-order chi connectivity index (χ0) is 16.9. The monoisotopic (exact) mass is 449 g/mol. The summed E-state index contributed by atoms with van der Waals surface area (Å²) in [4.78, 5) is 4.22. The summed E-state index contributed by atoms with van der Waals surface area (Å²) in [5.41, 5.74) is 1.15. The quantitative estimate of drug-likeness (QED) is 0.249. The van der Waals surface area contributed by atoms with Crippen molar-refractivity contribution in [2.75, 3.05) is 40.5 Å².